The van der Waals surface area contributed by atoms with E-state index in [0.29, 0.717) is 0 Å². The highest BCUT2D eigenvalue weighted by Gasteiger charge is 2.40. The van der Waals surface area contributed by atoms with Gasteiger partial charge in [0.1, 0.15) is 5.54 Å². The molecule has 3 aromatic carbocycles. The highest BCUT2D eigenvalue weighted by Crippen LogP contribution is 2.42. The molecule has 0 saturated carbocycles. The zero-order valence-corrected chi connectivity index (χ0v) is 15.4. The van der Waals surface area contributed by atoms with Crippen molar-refractivity contribution in [3.05, 3.63) is 108 Å². The van der Waals surface area contributed by atoms with Crippen molar-refractivity contribution in [1.82, 2.24) is 4.31 Å². The van der Waals surface area contributed by atoms with E-state index in [0.717, 1.165) is 6.54 Å². The third kappa shape index (κ3) is 3.23. The average Bonchev–Trinajstić information content (AvgIpc) is 2.65. The zero-order valence-electron chi connectivity index (χ0n) is 13.7. The largest absolute Gasteiger partial charge is 0.234 e. The van der Waals surface area contributed by atoms with Crippen molar-refractivity contribution in [2.45, 2.75) is 12.5 Å². The van der Waals surface area contributed by atoms with E-state index < -0.39 is 5.54 Å². The summed E-state index contributed by atoms with van der Waals surface area (Å²) in [5, 5.41) is 0. The molecule has 0 bridgehead atoms. The van der Waals surface area contributed by atoms with Gasteiger partial charge in [-0.25, -0.2) is 4.31 Å². The van der Waals surface area contributed by atoms with Crippen LogP contribution in [0.15, 0.2) is 91.0 Å². The number of halogens is 1. The Morgan fingerprint density at radius 3 is 1.21 bits per heavy atom. The van der Waals surface area contributed by atoms with E-state index in [-0.39, 0.29) is 12.4 Å². The normalized spacial score (nSPS) is 11.1. The molecule has 0 aliphatic rings. The third-order valence-corrected chi connectivity index (χ3v) is 4.84. The minimum absolute atomic E-state index is 0. The SMILES string of the molecule is CCN(S)C(c1ccccc1)(c1ccccc1)c1ccccc1.Cl. The van der Waals surface area contributed by atoms with E-state index >= 15 is 0 Å². The van der Waals surface area contributed by atoms with Gasteiger partial charge in [0.25, 0.3) is 0 Å². The minimum atomic E-state index is -0.415. The van der Waals surface area contributed by atoms with E-state index in [2.05, 4.69) is 102 Å². The summed E-state index contributed by atoms with van der Waals surface area (Å²) in [6.07, 6.45) is 0. The molecule has 0 radical (unpaired) electrons. The Kier molecular flexibility index (Phi) is 6.50. The monoisotopic (exact) mass is 355 g/mol. The van der Waals surface area contributed by atoms with Gasteiger partial charge < -0.3 is 0 Å². The number of thiol groups is 1. The molecule has 0 atom stereocenters. The van der Waals surface area contributed by atoms with E-state index in [1.54, 1.807) is 0 Å². The van der Waals surface area contributed by atoms with Gasteiger partial charge in [0.05, 0.1) is 0 Å². The predicted molar refractivity (Wildman–Crippen MR) is 108 cm³/mol. The molecular weight excluding hydrogens is 334 g/mol. The molecule has 0 saturated heterocycles. The van der Waals surface area contributed by atoms with Crippen LogP contribution < -0.4 is 0 Å². The Bertz CT molecular complexity index is 635. The first-order valence-electron chi connectivity index (χ1n) is 7.93. The van der Waals surface area contributed by atoms with Crippen molar-refractivity contribution in [3.8, 4) is 0 Å². The maximum absolute atomic E-state index is 4.88. The van der Waals surface area contributed by atoms with Crippen LogP contribution in [-0.2, 0) is 5.54 Å². The summed E-state index contributed by atoms with van der Waals surface area (Å²) in [5.41, 5.74) is 3.24. The van der Waals surface area contributed by atoms with Crippen molar-refractivity contribution < 1.29 is 0 Å². The van der Waals surface area contributed by atoms with Crippen molar-refractivity contribution >= 4 is 25.2 Å². The van der Waals surface area contributed by atoms with Gasteiger partial charge in [0.15, 0.2) is 0 Å². The highest BCUT2D eigenvalue weighted by atomic mass is 35.5. The molecule has 24 heavy (non-hydrogen) atoms. The van der Waals surface area contributed by atoms with Crippen LogP contribution in [0.1, 0.15) is 23.6 Å². The number of hydrogen-bond donors (Lipinski definition) is 1. The van der Waals surface area contributed by atoms with Crippen molar-refractivity contribution in [2.75, 3.05) is 6.54 Å². The van der Waals surface area contributed by atoms with Crippen LogP contribution in [0, 0.1) is 0 Å². The lowest BCUT2D eigenvalue weighted by Crippen LogP contribution is -2.42. The molecule has 0 aliphatic carbocycles. The molecule has 0 heterocycles. The topological polar surface area (TPSA) is 3.24 Å². The Morgan fingerprint density at radius 2 is 0.958 bits per heavy atom. The molecule has 0 N–H and O–H groups in total. The summed E-state index contributed by atoms with van der Waals surface area (Å²) in [6, 6.07) is 31.8. The van der Waals surface area contributed by atoms with Crippen LogP contribution in [-0.4, -0.2) is 10.8 Å². The smallest absolute Gasteiger partial charge is 0.106 e. The Morgan fingerprint density at radius 1 is 0.667 bits per heavy atom. The minimum Gasteiger partial charge on any atom is -0.234 e. The Labute approximate surface area is 156 Å². The lowest BCUT2D eigenvalue weighted by molar-refractivity contribution is 0.323. The van der Waals surface area contributed by atoms with Crippen LogP contribution in [0.25, 0.3) is 0 Å². The highest BCUT2D eigenvalue weighted by molar-refractivity contribution is 7.77. The van der Waals surface area contributed by atoms with Crippen LogP contribution in [0.4, 0.5) is 0 Å². The van der Waals surface area contributed by atoms with E-state index in [9.17, 15) is 0 Å². The van der Waals surface area contributed by atoms with Crippen LogP contribution in [0.3, 0.4) is 0 Å². The summed E-state index contributed by atoms with van der Waals surface area (Å²) < 4.78 is 2.12. The molecule has 0 fully saturated rings. The summed E-state index contributed by atoms with van der Waals surface area (Å²) in [5.74, 6) is 0. The Balaban J connectivity index is 0.00000208. The van der Waals surface area contributed by atoms with Crippen LogP contribution in [0.5, 0.6) is 0 Å². The van der Waals surface area contributed by atoms with E-state index in [4.69, 9.17) is 12.8 Å². The molecule has 3 heteroatoms. The molecule has 0 aliphatic heterocycles. The molecule has 3 rings (SSSR count). The molecule has 3 aromatic rings. The maximum atomic E-state index is 4.88. The van der Waals surface area contributed by atoms with Crippen molar-refractivity contribution in [2.24, 2.45) is 0 Å². The standard InChI is InChI=1S/C21H21NS.ClH/c1-2-22(23)21(18-12-6-3-7-13-18,19-14-8-4-9-15-19)20-16-10-5-11-17-20;/h3-17,23H,2H2,1H3;1H. The molecular formula is C21H22ClNS. The van der Waals surface area contributed by atoms with E-state index in [1.165, 1.54) is 16.7 Å². The molecule has 124 valence electrons. The Hall–Kier alpha value is -1.74. The van der Waals surface area contributed by atoms with Gasteiger partial charge in [-0.3, -0.25) is 0 Å². The van der Waals surface area contributed by atoms with Gasteiger partial charge in [-0.1, -0.05) is 111 Å². The van der Waals surface area contributed by atoms with Gasteiger partial charge in [-0.05, 0) is 16.7 Å². The van der Waals surface area contributed by atoms with Crippen LogP contribution in [0.2, 0.25) is 0 Å². The number of nitrogens with zero attached hydrogens (tertiary/aromatic N) is 1. The molecule has 0 unspecified atom stereocenters. The summed E-state index contributed by atoms with van der Waals surface area (Å²) >= 11 is 4.88. The average molecular weight is 356 g/mol. The second-order valence-corrected chi connectivity index (χ2v) is 6.01. The first kappa shape index (κ1) is 18.6. The summed E-state index contributed by atoms with van der Waals surface area (Å²) in [6.45, 7) is 2.96. The lowest BCUT2D eigenvalue weighted by Gasteiger charge is -2.42. The first-order valence-corrected chi connectivity index (χ1v) is 8.33. The van der Waals surface area contributed by atoms with E-state index in [1.807, 2.05) is 0 Å². The lowest BCUT2D eigenvalue weighted by atomic mass is 9.77. The molecule has 0 spiro atoms. The van der Waals surface area contributed by atoms with Crippen molar-refractivity contribution in [1.29, 1.82) is 0 Å². The molecule has 1 nitrogen and oxygen atoms in total. The van der Waals surface area contributed by atoms with Crippen molar-refractivity contribution in [3.63, 3.8) is 0 Å². The third-order valence-electron chi connectivity index (χ3n) is 4.26. The number of hydrogen-bond acceptors (Lipinski definition) is 2. The molecule has 0 amide bonds. The zero-order chi connectivity index (χ0) is 16.1. The summed E-state index contributed by atoms with van der Waals surface area (Å²) in [7, 11) is 0. The fourth-order valence-corrected chi connectivity index (χ4v) is 3.57. The second kappa shape index (κ2) is 8.39. The van der Waals surface area contributed by atoms with Gasteiger partial charge in [0.2, 0.25) is 0 Å². The predicted octanol–water partition coefficient (Wildman–Crippen LogP) is 5.57. The van der Waals surface area contributed by atoms with Crippen LogP contribution >= 0.6 is 25.2 Å². The molecule has 0 aromatic heterocycles. The van der Waals surface area contributed by atoms with Gasteiger partial charge in [-0.15, -0.1) is 12.4 Å². The fourth-order valence-electron chi connectivity index (χ4n) is 3.22. The quantitative estimate of drug-likeness (QED) is 0.462. The number of rotatable bonds is 5. The second-order valence-electron chi connectivity index (χ2n) is 5.52. The number of benzene rings is 3. The van der Waals surface area contributed by atoms with Gasteiger partial charge in [0, 0.05) is 6.54 Å². The van der Waals surface area contributed by atoms with Gasteiger partial charge in [-0.2, -0.15) is 0 Å². The summed E-state index contributed by atoms with van der Waals surface area (Å²) in [4.78, 5) is 0. The fraction of sp³-hybridized carbons (Fsp3) is 0.143. The maximum Gasteiger partial charge on any atom is 0.106 e. The van der Waals surface area contributed by atoms with Gasteiger partial charge >= 0.3 is 0 Å². The first-order chi connectivity index (χ1) is 11.3.